The number of rotatable bonds is 2. The van der Waals surface area contributed by atoms with Gasteiger partial charge in [0.25, 0.3) is 0 Å². The van der Waals surface area contributed by atoms with Crippen molar-refractivity contribution in [3.05, 3.63) is 11.9 Å². The van der Waals surface area contributed by atoms with Crippen molar-refractivity contribution in [1.82, 2.24) is 9.97 Å². The summed E-state index contributed by atoms with van der Waals surface area (Å²) in [6.45, 7) is 5.67. The molecular weight excluding hydrogens is 216 g/mol. The van der Waals surface area contributed by atoms with Crippen molar-refractivity contribution >= 4 is 11.6 Å². The zero-order valence-corrected chi connectivity index (χ0v) is 10.4. The lowest BCUT2D eigenvalue weighted by Gasteiger charge is -2.34. The fourth-order valence-electron chi connectivity index (χ4n) is 2.37. The van der Waals surface area contributed by atoms with Crippen LogP contribution in [0.1, 0.15) is 25.3 Å². The Hall–Kier alpha value is -1.36. The van der Waals surface area contributed by atoms with Crippen LogP contribution in [0.5, 0.6) is 0 Å². The Morgan fingerprint density at radius 3 is 2.65 bits per heavy atom. The fourth-order valence-corrected chi connectivity index (χ4v) is 2.37. The number of nitrogen functional groups attached to an aromatic ring is 1. The highest BCUT2D eigenvalue weighted by Gasteiger charge is 2.24. The van der Waals surface area contributed by atoms with Crippen LogP contribution in [-0.2, 0) is 0 Å². The van der Waals surface area contributed by atoms with Gasteiger partial charge in [-0.3, -0.25) is 0 Å². The molecule has 0 saturated carbocycles. The van der Waals surface area contributed by atoms with Gasteiger partial charge >= 0.3 is 0 Å². The lowest BCUT2D eigenvalue weighted by Crippen LogP contribution is -2.38. The summed E-state index contributed by atoms with van der Waals surface area (Å²) in [6, 6.07) is 0. The molecule has 1 saturated heterocycles. The number of anilines is 2. The maximum atomic E-state index is 9.57. The highest BCUT2D eigenvalue weighted by Crippen LogP contribution is 2.27. The molecule has 2 rings (SSSR count). The molecule has 1 aliphatic rings. The monoisotopic (exact) mass is 236 g/mol. The molecule has 1 unspecified atom stereocenters. The van der Waals surface area contributed by atoms with E-state index in [2.05, 4.69) is 14.9 Å². The van der Waals surface area contributed by atoms with Crippen molar-refractivity contribution in [1.29, 1.82) is 0 Å². The van der Waals surface area contributed by atoms with E-state index in [-0.39, 0.29) is 6.10 Å². The van der Waals surface area contributed by atoms with Crippen LogP contribution in [0, 0.1) is 12.8 Å². The maximum Gasteiger partial charge on any atom is 0.137 e. The van der Waals surface area contributed by atoms with Gasteiger partial charge in [0.1, 0.15) is 18.0 Å². The molecule has 0 amide bonds. The normalized spacial score (nSPS) is 19.4. The molecule has 1 aliphatic heterocycles. The first kappa shape index (κ1) is 12.1. The van der Waals surface area contributed by atoms with Gasteiger partial charge in [0, 0.05) is 18.7 Å². The van der Waals surface area contributed by atoms with E-state index in [9.17, 15) is 5.11 Å². The first-order valence-corrected chi connectivity index (χ1v) is 6.09. The zero-order chi connectivity index (χ0) is 12.4. The van der Waals surface area contributed by atoms with Gasteiger partial charge in [-0.25, -0.2) is 9.97 Å². The Labute approximate surface area is 102 Å². The lowest BCUT2D eigenvalue weighted by molar-refractivity contribution is 0.109. The molecular formula is C12H20N4O. The summed E-state index contributed by atoms with van der Waals surface area (Å²) in [5.74, 6) is 1.89. The molecule has 0 spiro atoms. The van der Waals surface area contributed by atoms with Crippen LogP contribution in [0.15, 0.2) is 6.33 Å². The van der Waals surface area contributed by atoms with Gasteiger partial charge in [0.15, 0.2) is 0 Å². The summed E-state index contributed by atoms with van der Waals surface area (Å²) in [4.78, 5) is 10.5. The summed E-state index contributed by atoms with van der Waals surface area (Å²) in [5, 5.41) is 9.57. The predicted molar refractivity (Wildman–Crippen MR) is 67.8 cm³/mol. The molecule has 0 aliphatic carbocycles. The van der Waals surface area contributed by atoms with Crippen molar-refractivity contribution in [2.24, 2.45) is 5.92 Å². The Balaban J connectivity index is 2.08. The second-order valence-corrected chi connectivity index (χ2v) is 4.77. The van der Waals surface area contributed by atoms with Gasteiger partial charge in [-0.1, -0.05) is 0 Å². The van der Waals surface area contributed by atoms with Crippen LogP contribution in [0.3, 0.4) is 0 Å². The largest absolute Gasteiger partial charge is 0.393 e. The van der Waals surface area contributed by atoms with Crippen LogP contribution < -0.4 is 10.6 Å². The molecule has 3 N–H and O–H groups in total. The van der Waals surface area contributed by atoms with Crippen LogP contribution >= 0.6 is 0 Å². The molecule has 0 radical (unpaired) electrons. The number of aliphatic hydroxyl groups excluding tert-OH is 1. The second-order valence-electron chi connectivity index (χ2n) is 4.77. The van der Waals surface area contributed by atoms with Crippen LogP contribution in [0.25, 0.3) is 0 Å². The zero-order valence-electron chi connectivity index (χ0n) is 10.4. The summed E-state index contributed by atoms with van der Waals surface area (Å²) in [7, 11) is 0. The Bertz CT molecular complexity index is 386. The third-order valence-electron chi connectivity index (χ3n) is 3.62. The van der Waals surface area contributed by atoms with Crippen molar-refractivity contribution in [3.8, 4) is 0 Å². The Kier molecular flexibility index (Phi) is 3.47. The second kappa shape index (κ2) is 4.87. The molecule has 1 fully saturated rings. The molecule has 5 heteroatoms. The van der Waals surface area contributed by atoms with E-state index in [1.807, 2.05) is 13.8 Å². The first-order valence-electron chi connectivity index (χ1n) is 6.09. The van der Waals surface area contributed by atoms with Gasteiger partial charge in [-0.2, -0.15) is 0 Å². The molecule has 17 heavy (non-hydrogen) atoms. The number of aliphatic hydroxyl groups is 1. The third-order valence-corrected chi connectivity index (χ3v) is 3.62. The summed E-state index contributed by atoms with van der Waals surface area (Å²) >= 11 is 0. The van der Waals surface area contributed by atoms with Gasteiger partial charge in [0.2, 0.25) is 0 Å². The minimum atomic E-state index is -0.214. The quantitative estimate of drug-likeness (QED) is 0.800. The lowest BCUT2D eigenvalue weighted by atomic mass is 9.92. The number of hydrogen-bond donors (Lipinski definition) is 2. The van der Waals surface area contributed by atoms with Gasteiger partial charge in [-0.15, -0.1) is 0 Å². The van der Waals surface area contributed by atoms with Crippen molar-refractivity contribution in [3.63, 3.8) is 0 Å². The SMILES string of the molecule is Cc1c(N)ncnc1N1CCC(C(C)O)CC1. The van der Waals surface area contributed by atoms with Crippen LogP contribution in [-0.4, -0.2) is 34.3 Å². The highest BCUT2D eigenvalue weighted by molar-refractivity contribution is 5.55. The first-order chi connectivity index (χ1) is 8.09. The smallest absolute Gasteiger partial charge is 0.137 e. The standard InChI is InChI=1S/C12H20N4O/c1-8-11(13)14-7-15-12(8)16-5-3-10(4-6-16)9(2)17/h7,9-10,17H,3-6H2,1-2H3,(H2,13,14,15). The minimum absolute atomic E-state index is 0.214. The van der Waals surface area contributed by atoms with Gasteiger partial charge < -0.3 is 15.7 Å². The van der Waals surface area contributed by atoms with Crippen molar-refractivity contribution in [2.45, 2.75) is 32.8 Å². The number of aromatic nitrogens is 2. The summed E-state index contributed by atoms with van der Waals surface area (Å²) in [5.41, 5.74) is 6.73. The van der Waals surface area contributed by atoms with E-state index < -0.39 is 0 Å². The van der Waals surface area contributed by atoms with E-state index >= 15 is 0 Å². The fraction of sp³-hybridized carbons (Fsp3) is 0.667. The number of nitrogens with zero attached hydrogens (tertiary/aromatic N) is 3. The Morgan fingerprint density at radius 1 is 1.41 bits per heavy atom. The molecule has 0 bridgehead atoms. The topological polar surface area (TPSA) is 75.3 Å². The summed E-state index contributed by atoms with van der Waals surface area (Å²) < 4.78 is 0. The van der Waals surface area contributed by atoms with Crippen LogP contribution in [0.2, 0.25) is 0 Å². The molecule has 2 heterocycles. The minimum Gasteiger partial charge on any atom is -0.393 e. The molecule has 0 aromatic carbocycles. The third kappa shape index (κ3) is 2.49. The van der Waals surface area contributed by atoms with Crippen LogP contribution in [0.4, 0.5) is 11.6 Å². The molecule has 5 nitrogen and oxygen atoms in total. The molecule has 94 valence electrons. The summed E-state index contributed by atoms with van der Waals surface area (Å²) in [6.07, 6.45) is 3.30. The van der Waals surface area contributed by atoms with E-state index in [4.69, 9.17) is 5.73 Å². The number of nitrogens with two attached hydrogens (primary N) is 1. The van der Waals surface area contributed by atoms with E-state index in [1.165, 1.54) is 6.33 Å². The number of hydrogen-bond acceptors (Lipinski definition) is 5. The van der Waals surface area contributed by atoms with Crippen molar-refractivity contribution < 1.29 is 5.11 Å². The highest BCUT2D eigenvalue weighted by atomic mass is 16.3. The molecule has 1 aromatic heterocycles. The van der Waals surface area contributed by atoms with Crippen molar-refractivity contribution in [2.75, 3.05) is 23.7 Å². The average molecular weight is 236 g/mol. The average Bonchev–Trinajstić information content (AvgIpc) is 2.33. The van der Waals surface area contributed by atoms with E-state index in [0.29, 0.717) is 11.7 Å². The maximum absolute atomic E-state index is 9.57. The molecule has 1 atom stereocenters. The molecule has 1 aromatic rings. The van der Waals surface area contributed by atoms with E-state index in [0.717, 1.165) is 37.3 Å². The predicted octanol–water partition coefficient (Wildman–Crippen LogP) is 0.964. The van der Waals surface area contributed by atoms with Gasteiger partial charge in [0.05, 0.1) is 6.10 Å². The van der Waals surface area contributed by atoms with Gasteiger partial charge in [-0.05, 0) is 32.6 Å². The van der Waals surface area contributed by atoms with E-state index in [1.54, 1.807) is 0 Å². The number of piperidine rings is 1. The Morgan fingerprint density at radius 2 is 2.06 bits per heavy atom.